The van der Waals surface area contributed by atoms with Crippen LogP contribution in [0.1, 0.15) is 5.56 Å². The molecule has 1 aromatic rings. The number of hydrogen-bond acceptors (Lipinski definition) is 3. The van der Waals surface area contributed by atoms with Gasteiger partial charge in [0.25, 0.3) is 0 Å². The third-order valence-corrected chi connectivity index (χ3v) is 2.84. The highest BCUT2D eigenvalue weighted by Crippen LogP contribution is 2.08. The number of ether oxygens (including phenoxy) is 1. The summed E-state index contributed by atoms with van der Waals surface area (Å²) in [5, 5.41) is 9.17. The molecule has 1 aliphatic rings. The fourth-order valence-electron chi connectivity index (χ4n) is 1.87. The van der Waals surface area contributed by atoms with E-state index in [1.54, 1.807) is 0 Å². The molecule has 0 aliphatic carbocycles. The van der Waals surface area contributed by atoms with Crippen LogP contribution in [0.2, 0.25) is 0 Å². The third-order valence-electron chi connectivity index (χ3n) is 2.84. The number of benzene rings is 1. The number of nitrogens with zero attached hydrogens (tertiary/aromatic N) is 2. The normalized spacial score (nSPS) is 19.0. The van der Waals surface area contributed by atoms with Crippen molar-refractivity contribution in [3.05, 3.63) is 42.0 Å². The lowest BCUT2D eigenvalue weighted by Gasteiger charge is -2.28. The van der Waals surface area contributed by atoms with Gasteiger partial charge in [-0.15, -0.1) is 0 Å². The quantitative estimate of drug-likeness (QED) is 0.793. The fraction of sp³-hybridized carbons (Fsp3) is 0.357. The van der Waals surface area contributed by atoms with Gasteiger partial charge in [0.05, 0.1) is 19.3 Å². The standard InChI is InChI=1S/C14H16N2O/c15-12-14(16-8-10-17-11-9-16)7-6-13-4-2-1-3-5-13/h1-7,14H,8-11H2. The van der Waals surface area contributed by atoms with Crippen molar-refractivity contribution < 1.29 is 4.74 Å². The smallest absolute Gasteiger partial charge is 0.117 e. The maximum absolute atomic E-state index is 9.17. The highest BCUT2D eigenvalue weighted by molar-refractivity contribution is 5.50. The zero-order chi connectivity index (χ0) is 11.9. The Hall–Kier alpha value is -1.63. The van der Waals surface area contributed by atoms with Crippen LogP contribution in [0.5, 0.6) is 0 Å². The van der Waals surface area contributed by atoms with Crippen molar-refractivity contribution >= 4 is 6.08 Å². The Bertz CT molecular complexity index is 402. The zero-order valence-electron chi connectivity index (χ0n) is 9.75. The Morgan fingerprint density at radius 3 is 2.59 bits per heavy atom. The molecule has 0 amide bonds. The average Bonchev–Trinajstić information content (AvgIpc) is 2.42. The molecular formula is C14H16N2O. The van der Waals surface area contributed by atoms with Gasteiger partial charge in [0.15, 0.2) is 0 Å². The van der Waals surface area contributed by atoms with E-state index in [0.717, 1.165) is 31.9 Å². The molecule has 1 unspecified atom stereocenters. The molecule has 1 aliphatic heterocycles. The van der Waals surface area contributed by atoms with Crippen molar-refractivity contribution in [2.24, 2.45) is 0 Å². The predicted octanol–water partition coefficient (Wildman–Crippen LogP) is 1.92. The van der Waals surface area contributed by atoms with Crippen molar-refractivity contribution in [1.82, 2.24) is 4.90 Å². The highest BCUT2D eigenvalue weighted by atomic mass is 16.5. The Kier molecular flexibility index (Phi) is 4.31. The average molecular weight is 228 g/mol. The van der Waals surface area contributed by atoms with E-state index in [0.29, 0.717) is 0 Å². The molecule has 88 valence electrons. The Balaban J connectivity index is 2.00. The van der Waals surface area contributed by atoms with Crippen molar-refractivity contribution in [3.63, 3.8) is 0 Å². The highest BCUT2D eigenvalue weighted by Gasteiger charge is 2.17. The van der Waals surface area contributed by atoms with Gasteiger partial charge >= 0.3 is 0 Å². The van der Waals surface area contributed by atoms with E-state index in [2.05, 4.69) is 11.0 Å². The molecule has 1 aromatic carbocycles. The second-order valence-electron chi connectivity index (χ2n) is 3.99. The van der Waals surface area contributed by atoms with Gasteiger partial charge in [-0.05, 0) is 5.56 Å². The zero-order valence-corrected chi connectivity index (χ0v) is 9.75. The van der Waals surface area contributed by atoms with Crippen molar-refractivity contribution in [1.29, 1.82) is 5.26 Å². The fourth-order valence-corrected chi connectivity index (χ4v) is 1.87. The van der Waals surface area contributed by atoms with Crippen LogP contribution in [0, 0.1) is 11.3 Å². The first-order valence-electron chi connectivity index (χ1n) is 5.85. The molecule has 0 bridgehead atoms. The molecule has 2 rings (SSSR count). The number of nitriles is 1. The summed E-state index contributed by atoms with van der Waals surface area (Å²) in [6.45, 7) is 3.10. The van der Waals surface area contributed by atoms with Crippen LogP contribution in [0.3, 0.4) is 0 Å². The first-order valence-corrected chi connectivity index (χ1v) is 5.85. The van der Waals surface area contributed by atoms with Crippen LogP contribution in [-0.2, 0) is 4.74 Å². The molecule has 0 spiro atoms. The lowest BCUT2D eigenvalue weighted by atomic mass is 10.1. The van der Waals surface area contributed by atoms with Crippen molar-refractivity contribution in [2.75, 3.05) is 26.3 Å². The summed E-state index contributed by atoms with van der Waals surface area (Å²) < 4.78 is 5.28. The van der Waals surface area contributed by atoms with E-state index in [-0.39, 0.29) is 6.04 Å². The summed E-state index contributed by atoms with van der Waals surface area (Å²) in [5.74, 6) is 0. The van der Waals surface area contributed by atoms with Gasteiger partial charge in [0.1, 0.15) is 6.04 Å². The minimum absolute atomic E-state index is 0.154. The maximum Gasteiger partial charge on any atom is 0.117 e. The van der Waals surface area contributed by atoms with E-state index < -0.39 is 0 Å². The topological polar surface area (TPSA) is 36.3 Å². The third kappa shape index (κ3) is 3.42. The van der Waals surface area contributed by atoms with Crippen molar-refractivity contribution in [2.45, 2.75) is 6.04 Å². The first kappa shape index (κ1) is 11.8. The second-order valence-corrected chi connectivity index (χ2v) is 3.99. The summed E-state index contributed by atoms with van der Waals surface area (Å²) in [6.07, 6.45) is 3.96. The van der Waals surface area contributed by atoms with Crippen LogP contribution < -0.4 is 0 Å². The van der Waals surface area contributed by atoms with Crippen LogP contribution >= 0.6 is 0 Å². The molecule has 0 radical (unpaired) electrons. The maximum atomic E-state index is 9.17. The molecule has 0 saturated carbocycles. The van der Waals surface area contributed by atoms with Crippen LogP contribution in [0.25, 0.3) is 6.08 Å². The van der Waals surface area contributed by atoms with Gasteiger partial charge in [-0.1, -0.05) is 42.5 Å². The molecule has 1 fully saturated rings. The summed E-state index contributed by atoms with van der Waals surface area (Å²) in [6, 6.07) is 12.2. The van der Waals surface area contributed by atoms with E-state index in [4.69, 9.17) is 4.74 Å². The molecule has 1 atom stereocenters. The largest absolute Gasteiger partial charge is 0.379 e. The van der Waals surface area contributed by atoms with Crippen molar-refractivity contribution in [3.8, 4) is 6.07 Å². The molecular weight excluding hydrogens is 212 g/mol. The summed E-state index contributed by atoms with van der Waals surface area (Å²) in [7, 11) is 0. The van der Waals surface area contributed by atoms with Gasteiger partial charge in [0, 0.05) is 13.1 Å². The molecule has 3 heteroatoms. The summed E-state index contributed by atoms with van der Waals surface area (Å²) >= 11 is 0. The van der Waals surface area contributed by atoms with Gasteiger partial charge in [-0.3, -0.25) is 4.90 Å². The Morgan fingerprint density at radius 1 is 1.24 bits per heavy atom. The van der Waals surface area contributed by atoms with E-state index in [9.17, 15) is 5.26 Å². The van der Waals surface area contributed by atoms with Crippen LogP contribution in [0.4, 0.5) is 0 Å². The second kappa shape index (κ2) is 6.19. The minimum Gasteiger partial charge on any atom is -0.379 e. The lowest BCUT2D eigenvalue weighted by molar-refractivity contribution is 0.0342. The first-order chi connectivity index (χ1) is 8.40. The predicted molar refractivity (Wildman–Crippen MR) is 67.3 cm³/mol. The summed E-state index contributed by atoms with van der Waals surface area (Å²) in [5.41, 5.74) is 1.13. The molecule has 0 aromatic heterocycles. The van der Waals surface area contributed by atoms with E-state index >= 15 is 0 Å². The van der Waals surface area contributed by atoms with Gasteiger partial charge in [-0.2, -0.15) is 5.26 Å². The SMILES string of the molecule is N#CC(C=Cc1ccccc1)N1CCOCC1. The number of hydrogen-bond donors (Lipinski definition) is 0. The monoisotopic (exact) mass is 228 g/mol. The van der Waals surface area contributed by atoms with E-state index in [1.807, 2.05) is 42.5 Å². The Morgan fingerprint density at radius 2 is 1.94 bits per heavy atom. The van der Waals surface area contributed by atoms with Gasteiger partial charge in [0.2, 0.25) is 0 Å². The van der Waals surface area contributed by atoms with E-state index in [1.165, 1.54) is 0 Å². The number of morpholine rings is 1. The Labute approximate surface area is 102 Å². The lowest BCUT2D eigenvalue weighted by Crippen LogP contribution is -2.41. The molecule has 0 N–H and O–H groups in total. The van der Waals surface area contributed by atoms with Gasteiger partial charge in [-0.25, -0.2) is 0 Å². The van der Waals surface area contributed by atoms with Gasteiger partial charge < -0.3 is 4.74 Å². The molecule has 1 saturated heterocycles. The minimum atomic E-state index is -0.154. The number of rotatable bonds is 3. The molecule has 3 nitrogen and oxygen atoms in total. The summed E-state index contributed by atoms with van der Waals surface area (Å²) in [4.78, 5) is 2.14. The van der Waals surface area contributed by atoms with Crippen LogP contribution in [-0.4, -0.2) is 37.2 Å². The molecule has 1 heterocycles. The molecule has 17 heavy (non-hydrogen) atoms. The van der Waals surface area contributed by atoms with Crippen LogP contribution in [0.15, 0.2) is 36.4 Å².